The average Bonchev–Trinajstić information content (AvgIpc) is 2.38. The van der Waals surface area contributed by atoms with Gasteiger partial charge in [-0.2, -0.15) is 0 Å². The van der Waals surface area contributed by atoms with Gasteiger partial charge in [0.15, 0.2) is 11.6 Å². The lowest BCUT2D eigenvalue weighted by Crippen LogP contribution is -2.09. The highest BCUT2D eigenvalue weighted by Gasteiger charge is 2.03. The number of hydrogen-bond acceptors (Lipinski definition) is 2. The summed E-state index contributed by atoms with van der Waals surface area (Å²) in [5, 5.41) is 0. The van der Waals surface area contributed by atoms with Gasteiger partial charge in [0.1, 0.15) is 11.6 Å². The van der Waals surface area contributed by atoms with Crippen molar-refractivity contribution in [3.05, 3.63) is 65.5 Å². The fraction of sp³-hybridized carbons (Fsp3) is 0.0714. The summed E-state index contributed by atoms with van der Waals surface area (Å²) < 4.78 is 18.7. The molecule has 0 heterocycles. The molecule has 2 N–H and O–H groups in total. The first-order valence-corrected chi connectivity index (χ1v) is 5.84. The third-order valence-electron chi connectivity index (χ3n) is 2.44. The quantitative estimate of drug-likeness (QED) is 0.859. The molecular weight excluding hydrogens is 249 g/mol. The Labute approximate surface area is 110 Å². The molecule has 0 aliphatic heterocycles. The summed E-state index contributed by atoms with van der Waals surface area (Å²) in [6.07, 6.45) is 0. The monoisotopic (exact) mass is 261 g/mol. The maximum Gasteiger partial charge on any atom is 0.165 e. The normalized spacial score (nSPS) is 10.1. The third-order valence-corrected chi connectivity index (χ3v) is 2.68. The molecule has 0 aliphatic carbocycles. The van der Waals surface area contributed by atoms with Crippen LogP contribution in [-0.4, -0.2) is 4.99 Å². The largest absolute Gasteiger partial charge is 0.486 e. The lowest BCUT2D eigenvalue weighted by atomic mass is 10.1. The van der Waals surface area contributed by atoms with Gasteiger partial charge in [0.2, 0.25) is 0 Å². The zero-order valence-electron chi connectivity index (χ0n) is 9.60. The van der Waals surface area contributed by atoms with Crippen LogP contribution in [0.4, 0.5) is 4.39 Å². The molecule has 0 unspecified atom stereocenters. The number of rotatable bonds is 4. The zero-order chi connectivity index (χ0) is 13.0. The van der Waals surface area contributed by atoms with Crippen molar-refractivity contribution in [2.75, 3.05) is 0 Å². The van der Waals surface area contributed by atoms with E-state index in [0.29, 0.717) is 4.99 Å². The third kappa shape index (κ3) is 3.05. The van der Waals surface area contributed by atoms with E-state index in [1.165, 1.54) is 6.07 Å². The molecule has 92 valence electrons. The predicted octanol–water partition coefficient (Wildman–Crippen LogP) is 3.04. The molecule has 2 aromatic rings. The van der Waals surface area contributed by atoms with Crippen molar-refractivity contribution in [1.29, 1.82) is 0 Å². The molecule has 0 amide bonds. The molecule has 2 nitrogen and oxygen atoms in total. The number of halogens is 1. The maximum absolute atomic E-state index is 13.3. The summed E-state index contributed by atoms with van der Waals surface area (Å²) >= 11 is 4.90. The molecule has 4 heteroatoms. The van der Waals surface area contributed by atoms with Gasteiger partial charge in [-0.25, -0.2) is 4.39 Å². The van der Waals surface area contributed by atoms with Crippen molar-refractivity contribution < 1.29 is 9.13 Å². The van der Waals surface area contributed by atoms with Gasteiger partial charge in [0.25, 0.3) is 0 Å². The lowest BCUT2D eigenvalue weighted by molar-refractivity contribution is 0.290. The van der Waals surface area contributed by atoms with Gasteiger partial charge < -0.3 is 10.5 Å². The van der Waals surface area contributed by atoms with Gasteiger partial charge in [-0.1, -0.05) is 42.5 Å². The zero-order valence-corrected chi connectivity index (χ0v) is 10.4. The first kappa shape index (κ1) is 12.5. The number of thiocarbonyl (C=S) groups is 1. The minimum absolute atomic E-state index is 0.234. The van der Waals surface area contributed by atoms with Crippen LogP contribution in [0.25, 0.3) is 0 Å². The molecule has 0 fully saturated rings. The van der Waals surface area contributed by atoms with E-state index >= 15 is 0 Å². The van der Waals surface area contributed by atoms with Crippen LogP contribution in [0.3, 0.4) is 0 Å². The van der Waals surface area contributed by atoms with Crippen molar-refractivity contribution >= 4 is 17.2 Å². The van der Waals surface area contributed by atoms with Crippen LogP contribution < -0.4 is 10.5 Å². The van der Waals surface area contributed by atoms with Crippen LogP contribution in [-0.2, 0) is 6.61 Å². The second-order valence-electron chi connectivity index (χ2n) is 3.78. The van der Waals surface area contributed by atoms with E-state index in [-0.39, 0.29) is 18.2 Å². The number of ether oxygens (including phenoxy) is 1. The molecule has 0 spiro atoms. The Bertz CT molecular complexity index is 571. The summed E-state index contributed by atoms with van der Waals surface area (Å²) in [7, 11) is 0. The Morgan fingerprint density at radius 3 is 2.67 bits per heavy atom. The van der Waals surface area contributed by atoms with Gasteiger partial charge in [0, 0.05) is 5.56 Å². The number of hydrogen-bond donors (Lipinski definition) is 1. The average molecular weight is 261 g/mol. The molecule has 0 aromatic heterocycles. The van der Waals surface area contributed by atoms with Gasteiger partial charge in [-0.15, -0.1) is 0 Å². The van der Waals surface area contributed by atoms with E-state index in [1.807, 2.05) is 24.3 Å². The molecule has 18 heavy (non-hydrogen) atoms. The van der Waals surface area contributed by atoms with Crippen LogP contribution in [0.15, 0.2) is 48.5 Å². The van der Waals surface area contributed by atoms with Crippen molar-refractivity contribution in [2.45, 2.75) is 6.61 Å². The van der Waals surface area contributed by atoms with Gasteiger partial charge in [-0.3, -0.25) is 0 Å². The summed E-state index contributed by atoms with van der Waals surface area (Å²) in [5.41, 5.74) is 7.21. The highest BCUT2D eigenvalue weighted by atomic mass is 32.1. The molecule has 0 saturated heterocycles. The highest BCUT2D eigenvalue weighted by molar-refractivity contribution is 7.80. The maximum atomic E-state index is 13.3. The number of para-hydroxylation sites is 1. The highest BCUT2D eigenvalue weighted by Crippen LogP contribution is 2.17. The van der Waals surface area contributed by atoms with Gasteiger partial charge in [0.05, 0.1) is 0 Å². The van der Waals surface area contributed by atoms with Gasteiger partial charge in [-0.05, 0) is 23.8 Å². The van der Waals surface area contributed by atoms with Crippen LogP contribution in [0.2, 0.25) is 0 Å². The summed E-state index contributed by atoms with van der Waals surface area (Å²) in [4.78, 5) is 0.336. The molecule has 0 radical (unpaired) electrons. The van der Waals surface area contributed by atoms with E-state index in [2.05, 4.69) is 0 Å². The Hall–Kier alpha value is -1.94. The Balaban J connectivity index is 2.09. The minimum Gasteiger partial charge on any atom is -0.486 e. The van der Waals surface area contributed by atoms with Crippen molar-refractivity contribution in [2.24, 2.45) is 5.73 Å². The number of benzene rings is 2. The van der Waals surface area contributed by atoms with E-state index in [4.69, 9.17) is 22.7 Å². The van der Waals surface area contributed by atoms with Crippen LogP contribution in [0.5, 0.6) is 5.75 Å². The fourth-order valence-corrected chi connectivity index (χ4v) is 1.66. The van der Waals surface area contributed by atoms with E-state index in [0.717, 1.165) is 11.1 Å². The second-order valence-corrected chi connectivity index (χ2v) is 4.22. The standard InChI is InChI=1S/C14H12FNOS/c15-12-6-1-2-7-13(12)17-9-10-4-3-5-11(8-10)14(16)18/h1-8H,9H2,(H2,16,18). The molecule has 0 saturated carbocycles. The Morgan fingerprint density at radius 1 is 1.17 bits per heavy atom. The smallest absolute Gasteiger partial charge is 0.165 e. The molecular formula is C14H12FNOS. The predicted molar refractivity (Wildman–Crippen MR) is 73.1 cm³/mol. The van der Waals surface area contributed by atoms with Gasteiger partial charge >= 0.3 is 0 Å². The second kappa shape index (κ2) is 5.60. The Morgan fingerprint density at radius 2 is 1.94 bits per heavy atom. The first-order valence-electron chi connectivity index (χ1n) is 5.43. The summed E-state index contributed by atoms with van der Waals surface area (Å²) in [6, 6.07) is 13.7. The topological polar surface area (TPSA) is 35.2 Å². The molecule has 0 bridgehead atoms. The summed E-state index contributed by atoms with van der Waals surface area (Å²) in [6.45, 7) is 0.275. The Kier molecular flexibility index (Phi) is 3.89. The van der Waals surface area contributed by atoms with Crippen LogP contribution >= 0.6 is 12.2 Å². The lowest BCUT2D eigenvalue weighted by Gasteiger charge is -2.08. The van der Waals surface area contributed by atoms with Crippen molar-refractivity contribution in [3.63, 3.8) is 0 Å². The molecule has 2 rings (SSSR count). The fourth-order valence-electron chi connectivity index (χ4n) is 1.54. The molecule has 2 aromatic carbocycles. The summed E-state index contributed by atoms with van der Waals surface area (Å²) in [5.74, 6) is -0.138. The molecule has 0 aliphatic rings. The van der Waals surface area contributed by atoms with Crippen LogP contribution in [0, 0.1) is 5.82 Å². The minimum atomic E-state index is -0.372. The van der Waals surface area contributed by atoms with Crippen LogP contribution in [0.1, 0.15) is 11.1 Å². The number of nitrogens with two attached hydrogens (primary N) is 1. The first-order chi connectivity index (χ1) is 8.66. The SMILES string of the molecule is NC(=S)c1cccc(COc2ccccc2F)c1. The van der Waals surface area contributed by atoms with E-state index in [9.17, 15) is 4.39 Å². The van der Waals surface area contributed by atoms with E-state index < -0.39 is 0 Å². The van der Waals surface area contributed by atoms with Crippen molar-refractivity contribution in [3.8, 4) is 5.75 Å². The van der Waals surface area contributed by atoms with E-state index in [1.54, 1.807) is 18.2 Å². The molecule has 0 atom stereocenters. The van der Waals surface area contributed by atoms with Crippen molar-refractivity contribution in [1.82, 2.24) is 0 Å².